The Morgan fingerprint density at radius 1 is 1.24 bits per heavy atom. The highest BCUT2D eigenvalue weighted by Crippen LogP contribution is 2.45. The molecule has 17 heavy (non-hydrogen) atoms. The van der Waals surface area contributed by atoms with Crippen LogP contribution in [0.4, 0.5) is 4.39 Å². The summed E-state index contributed by atoms with van der Waals surface area (Å²) in [5, 5.41) is 0. The Hall–Kier alpha value is -0.770. The van der Waals surface area contributed by atoms with Crippen LogP contribution in [-0.2, 0) is 0 Å². The molecule has 0 heterocycles. The van der Waals surface area contributed by atoms with Crippen LogP contribution in [0.15, 0.2) is 12.1 Å². The molecule has 1 unspecified atom stereocenters. The van der Waals surface area contributed by atoms with E-state index in [1.54, 1.807) is 13.2 Å². The molecular weight excluding hydrogens is 287 g/mol. The van der Waals surface area contributed by atoms with Gasteiger partial charge in [0.05, 0.1) is 14.2 Å². The number of halogens is 2. The van der Waals surface area contributed by atoms with Gasteiger partial charge in [-0.3, -0.25) is 0 Å². The molecule has 0 bridgehead atoms. The lowest BCUT2D eigenvalue weighted by molar-refractivity contribution is 0.306. The van der Waals surface area contributed by atoms with Gasteiger partial charge in [0.25, 0.3) is 0 Å². The molecule has 0 aliphatic heterocycles. The van der Waals surface area contributed by atoms with Crippen molar-refractivity contribution >= 4 is 15.9 Å². The van der Waals surface area contributed by atoms with Crippen LogP contribution in [0.3, 0.4) is 0 Å². The van der Waals surface area contributed by atoms with E-state index in [1.165, 1.54) is 19.6 Å². The zero-order valence-corrected chi connectivity index (χ0v) is 11.6. The lowest BCUT2D eigenvalue weighted by Crippen LogP contribution is -2.17. The largest absolute Gasteiger partial charge is 0.493 e. The van der Waals surface area contributed by atoms with Gasteiger partial charge < -0.3 is 9.47 Å². The first-order valence-electron chi connectivity index (χ1n) is 5.73. The Balaban J connectivity index is 2.32. The topological polar surface area (TPSA) is 18.5 Å². The number of benzene rings is 1. The molecule has 1 atom stereocenters. The maximum Gasteiger partial charge on any atom is 0.163 e. The number of hydrogen-bond acceptors (Lipinski definition) is 2. The minimum absolute atomic E-state index is 0.0658. The van der Waals surface area contributed by atoms with Gasteiger partial charge in [0, 0.05) is 16.5 Å². The maximum absolute atomic E-state index is 14.0. The molecule has 0 radical (unpaired) electrons. The maximum atomic E-state index is 14.0. The molecule has 1 aliphatic carbocycles. The smallest absolute Gasteiger partial charge is 0.163 e. The second-order valence-corrected chi connectivity index (χ2v) is 5.31. The SMILES string of the molecule is COc1cc(F)c(C(Br)C2CCC2)cc1OC. The molecule has 1 saturated carbocycles. The highest BCUT2D eigenvalue weighted by Gasteiger charge is 2.29. The van der Waals surface area contributed by atoms with Crippen molar-refractivity contribution in [2.24, 2.45) is 5.92 Å². The third-order valence-electron chi connectivity index (χ3n) is 3.36. The number of rotatable bonds is 4. The summed E-state index contributed by atoms with van der Waals surface area (Å²) in [7, 11) is 3.07. The molecule has 0 aromatic heterocycles. The van der Waals surface area contributed by atoms with E-state index in [4.69, 9.17) is 9.47 Å². The van der Waals surface area contributed by atoms with Crippen LogP contribution in [-0.4, -0.2) is 14.2 Å². The fraction of sp³-hybridized carbons (Fsp3) is 0.538. The third kappa shape index (κ3) is 2.41. The number of hydrogen-bond donors (Lipinski definition) is 0. The average Bonchev–Trinajstić information content (AvgIpc) is 2.26. The zero-order valence-electron chi connectivity index (χ0n) is 10.0. The van der Waals surface area contributed by atoms with Gasteiger partial charge >= 0.3 is 0 Å². The lowest BCUT2D eigenvalue weighted by Gasteiger charge is -2.30. The van der Waals surface area contributed by atoms with Crippen LogP contribution in [0, 0.1) is 11.7 Å². The molecule has 1 aromatic rings. The minimum Gasteiger partial charge on any atom is -0.493 e. The van der Waals surface area contributed by atoms with Crippen LogP contribution < -0.4 is 9.47 Å². The Morgan fingerprint density at radius 2 is 1.82 bits per heavy atom. The second kappa shape index (κ2) is 5.25. The van der Waals surface area contributed by atoms with Gasteiger partial charge in [0.15, 0.2) is 11.5 Å². The molecule has 0 N–H and O–H groups in total. The summed E-state index contributed by atoms with van der Waals surface area (Å²) in [6, 6.07) is 3.12. The highest BCUT2D eigenvalue weighted by molar-refractivity contribution is 9.09. The standard InChI is InChI=1S/C13H16BrFO2/c1-16-11-6-9(10(15)7-12(11)17-2)13(14)8-4-3-5-8/h6-8,13H,3-5H2,1-2H3. The number of ether oxygens (including phenoxy) is 2. The predicted octanol–water partition coefficient (Wildman–Crippen LogP) is 4.08. The lowest BCUT2D eigenvalue weighted by atomic mass is 9.80. The van der Waals surface area contributed by atoms with Crippen molar-refractivity contribution in [1.82, 2.24) is 0 Å². The van der Waals surface area contributed by atoms with Gasteiger partial charge in [-0.1, -0.05) is 22.4 Å². The van der Waals surface area contributed by atoms with Crippen molar-refractivity contribution in [3.8, 4) is 11.5 Å². The van der Waals surface area contributed by atoms with E-state index in [9.17, 15) is 4.39 Å². The molecule has 2 rings (SSSR count). The van der Waals surface area contributed by atoms with Crippen LogP contribution in [0.25, 0.3) is 0 Å². The van der Waals surface area contributed by atoms with Crippen LogP contribution in [0.2, 0.25) is 0 Å². The van der Waals surface area contributed by atoms with Gasteiger partial charge in [-0.25, -0.2) is 4.39 Å². The third-order valence-corrected chi connectivity index (χ3v) is 4.60. The molecule has 1 aliphatic rings. The van der Waals surface area contributed by atoms with Gasteiger partial charge in [-0.2, -0.15) is 0 Å². The zero-order chi connectivity index (χ0) is 12.4. The number of alkyl halides is 1. The molecule has 0 spiro atoms. The highest BCUT2D eigenvalue weighted by atomic mass is 79.9. The van der Waals surface area contributed by atoms with Gasteiger partial charge in [-0.05, 0) is 24.8 Å². The molecule has 94 valence electrons. The molecule has 2 nitrogen and oxygen atoms in total. The summed E-state index contributed by atoms with van der Waals surface area (Å²) < 4.78 is 24.2. The van der Waals surface area contributed by atoms with Gasteiger partial charge in [-0.15, -0.1) is 0 Å². The van der Waals surface area contributed by atoms with Crippen molar-refractivity contribution < 1.29 is 13.9 Å². The summed E-state index contributed by atoms with van der Waals surface area (Å²) in [4.78, 5) is 0.0658. The molecule has 0 saturated heterocycles. The molecule has 0 amide bonds. The summed E-state index contributed by atoms with van der Waals surface area (Å²) in [5.74, 6) is 1.30. The van der Waals surface area contributed by atoms with Crippen molar-refractivity contribution in [2.75, 3.05) is 14.2 Å². The Morgan fingerprint density at radius 3 is 2.29 bits per heavy atom. The summed E-state index contributed by atoms with van der Waals surface area (Å²) in [6.07, 6.45) is 3.55. The first-order chi connectivity index (χ1) is 8.17. The first-order valence-corrected chi connectivity index (χ1v) is 6.64. The Bertz CT molecular complexity index is 405. The molecule has 4 heteroatoms. The van der Waals surface area contributed by atoms with E-state index in [2.05, 4.69) is 15.9 Å². The van der Waals surface area contributed by atoms with Crippen LogP contribution in [0.1, 0.15) is 29.7 Å². The monoisotopic (exact) mass is 302 g/mol. The Labute approximate surface area is 109 Å². The van der Waals surface area contributed by atoms with Crippen molar-refractivity contribution in [2.45, 2.75) is 24.1 Å². The molecule has 1 fully saturated rings. The minimum atomic E-state index is -0.239. The second-order valence-electron chi connectivity index (χ2n) is 4.32. The molecular formula is C13H16BrFO2. The van der Waals surface area contributed by atoms with E-state index < -0.39 is 0 Å². The van der Waals surface area contributed by atoms with Gasteiger partial charge in [0.2, 0.25) is 0 Å². The summed E-state index contributed by atoms with van der Waals surface area (Å²) >= 11 is 3.59. The number of methoxy groups -OCH3 is 2. The van der Waals surface area contributed by atoms with E-state index in [1.807, 2.05) is 0 Å². The van der Waals surface area contributed by atoms with Crippen molar-refractivity contribution in [3.05, 3.63) is 23.5 Å². The van der Waals surface area contributed by atoms with E-state index in [0.29, 0.717) is 23.0 Å². The quantitative estimate of drug-likeness (QED) is 0.780. The van der Waals surface area contributed by atoms with Crippen LogP contribution >= 0.6 is 15.9 Å². The van der Waals surface area contributed by atoms with Crippen molar-refractivity contribution in [1.29, 1.82) is 0 Å². The first kappa shape index (κ1) is 12.7. The van der Waals surface area contributed by atoms with Crippen molar-refractivity contribution in [3.63, 3.8) is 0 Å². The van der Waals surface area contributed by atoms with E-state index >= 15 is 0 Å². The van der Waals surface area contributed by atoms with E-state index in [0.717, 1.165) is 12.8 Å². The summed E-state index contributed by atoms with van der Waals surface area (Å²) in [6.45, 7) is 0. The fourth-order valence-electron chi connectivity index (χ4n) is 2.07. The van der Waals surface area contributed by atoms with Crippen LogP contribution in [0.5, 0.6) is 11.5 Å². The fourth-order valence-corrected chi connectivity index (χ4v) is 2.95. The molecule has 1 aromatic carbocycles. The average molecular weight is 303 g/mol. The van der Waals surface area contributed by atoms with Gasteiger partial charge in [0.1, 0.15) is 5.82 Å². The Kier molecular flexibility index (Phi) is 3.92. The van der Waals surface area contributed by atoms with E-state index in [-0.39, 0.29) is 10.6 Å². The normalized spacial score (nSPS) is 17.4. The predicted molar refractivity (Wildman–Crippen MR) is 68.5 cm³/mol. The summed E-state index contributed by atoms with van der Waals surface area (Å²) in [5.41, 5.74) is 0.660.